The molecule has 2 heterocycles. The molecule has 9 heteroatoms. The van der Waals surface area contributed by atoms with Gasteiger partial charge in [0.1, 0.15) is 12.2 Å². The number of fused-ring (bicyclic) bond motifs is 1. The number of hydrogen-bond donors (Lipinski definition) is 2. The summed E-state index contributed by atoms with van der Waals surface area (Å²) in [5.41, 5.74) is 7.63. The van der Waals surface area contributed by atoms with Gasteiger partial charge >= 0.3 is 6.03 Å². The Balaban J connectivity index is 1.65. The lowest BCUT2D eigenvalue weighted by atomic mass is 10.1. The molecule has 4 rings (SSSR count). The molecule has 0 saturated carbocycles. The molecule has 3 aromatic rings. The normalized spacial score (nSPS) is 15.3. The molecular formula is C21H16Cl2N4O3. The summed E-state index contributed by atoms with van der Waals surface area (Å²) >= 11 is 11.9. The van der Waals surface area contributed by atoms with E-state index >= 15 is 0 Å². The van der Waals surface area contributed by atoms with E-state index in [1.807, 2.05) is 24.3 Å². The van der Waals surface area contributed by atoms with Gasteiger partial charge in [0, 0.05) is 22.7 Å². The van der Waals surface area contributed by atoms with E-state index < -0.39 is 17.8 Å². The highest BCUT2D eigenvalue weighted by molar-refractivity contribution is 6.42. The quantitative estimate of drug-likeness (QED) is 0.467. The first-order valence-electron chi connectivity index (χ1n) is 8.98. The second kappa shape index (κ2) is 7.85. The van der Waals surface area contributed by atoms with Crippen LogP contribution in [0.2, 0.25) is 10.0 Å². The summed E-state index contributed by atoms with van der Waals surface area (Å²) in [5, 5.41) is 4.17. The molecule has 0 bridgehead atoms. The average Bonchev–Trinajstić information content (AvgIpc) is 3.17. The van der Waals surface area contributed by atoms with Crippen molar-refractivity contribution in [3.8, 4) is 0 Å². The summed E-state index contributed by atoms with van der Waals surface area (Å²) in [6.07, 6.45) is 3.32. The molecule has 3 N–H and O–H groups in total. The minimum Gasteiger partial charge on any atom is -0.368 e. The van der Waals surface area contributed by atoms with Crippen molar-refractivity contribution < 1.29 is 14.4 Å². The zero-order valence-electron chi connectivity index (χ0n) is 15.6. The first-order valence-corrected chi connectivity index (χ1v) is 9.73. The number of benzene rings is 2. The van der Waals surface area contributed by atoms with Crippen molar-refractivity contribution in [3.05, 3.63) is 75.5 Å². The lowest BCUT2D eigenvalue weighted by Gasteiger charge is -2.12. The molecule has 0 radical (unpaired) electrons. The lowest BCUT2D eigenvalue weighted by Crippen LogP contribution is -2.30. The molecule has 2 aromatic carbocycles. The lowest BCUT2D eigenvalue weighted by molar-refractivity contribution is -0.123. The van der Waals surface area contributed by atoms with Crippen molar-refractivity contribution >= 4 is 58.0 Å². The van der Waals surface area contributed by atoms with Crippen LogP contribution in [0.3, 0.4) is 0 Å². The Kier molecular flexibility index (Phi) is 5.24. The maximum Gasteiger partial charge on any atom is 0.329 e. The van der Waals surface area contributed by atoms with Gasteiger partial charge in [-0.2, -0.15) is 0 Å². The van der Waals surface area contributed by atoms with Gasteiger partial charge in [-0.3, -0.25) is 14.5 Å². The largest absolute Gasteiger partial charge is 0.368 e. The Bertz CT molecular complexity index is 1230. The Labute approximate surface area is 181 Å². The molecule has 1 aliphatic heterocycles. The van der Waals surface area contributed by atoms with E-state index in [4.69, 9.17) is 28.9 Å². The smallest absolute Gasteiger partial charge is 0.329 e. The van der Waals surface area contributed by atoms with E-state index in [2.05, 4.69) is 5.32 Å². The number of nitrogens with two attached hydrogens (primary N) is 1. The molecule has 7 nitrogen and oxygen atoms in total. The van der Waals surface area contributed by atoms with E-state index in [0.29, 0.717) is 21.2 Å². The van der Waals surface area contributed by atoms with Crippen LogP contribution in [0.25, 0.3) is 17.0 Å². The molecule has 152 valence electrons. The summed E-state index contributed by atoms with van der Waals surface area (Å²) in [4.78, 5) is 37.7. The van der Waals surface area contributed by atoms with Crippen molar-refractivity contribution in [2.24, 2.45) is 5.73 Å². The molecule has 0 spiro atoms. The number of hydrogen-bond acceptors (Lipinski definition) is 3. The van der Waals surface area contributed by atoms with Gasteiger partial charge in [-0.25, -0.2) is 4.79 Å². The minimum atomic E-state index is -0.529. The van der Waals surface area contributed by atoms with Crippen LogP contribution in [0, 0.1) is 0 Å². The highest BCUT2D eigenvalue weighted by Gasteiger charge is 2.33. The second-order valence-corrected chi connectivity index (χ2v) is 7.64. The van der Waals surface area contributed by atoms with Crippen LogP contribution in [0.1, 0.15) is 11.1 Å². The summed E-state index contributed by atoms with van der Waals surface area (Å²) in [6.45, 7) is 0.0653. The fourth-order valence-electron chi connectivity index (χ4n) is 3.38. The minimum absolute atomic E-state index is 0.00738. The first-order chi connectivity index (χ1) is 14.3. The summed E-state index contributed by atoms with van der Waals surface area (Å²) < 4.78 is 1.71. The SMILES string of the molecule is NC(=O)Cn1cc(/C=C2\NC(=O)N(Cc3ccc(Cl)c(Cl)c3)C2=O)c2ccccc21. The molecule has 1 fully saturated rings. The predicted molar refractivity (Wildman–Crippen MR) is 115 cm³/mol. The number of carbonyl (C=O) groups is 3. The fraction of sp³-hybridized carbons (Fsp3) is 0.0952. The highest BCUT2D eigenvalue weighted by atomic mass is 35.5. The average molecular weight is 443 g/mol. The zero-order valence-corrected chi connectivity index (χ0v) is 17.1. The van der Waals surface area contributed by atoms with Gasteiger partial charge in [-0.15, -0.1) is 0 Å². The second-order valence-electron chi connectivity index (χ2n) is 6.82. The third-order valence-electron chi connectivity index (χ3n) is 4.73. The number of halogens is 2. The van der Waals surface area contributed by atoms with Gasteiger partial charge in [0.15, 0.2) is 0 Å². The highest BCUT2D eigenvalue weighted by Crippen LogP contribution is 2.26. The van der Waals surface area contributed by atoms with Crippen molar-refractivity contribution in [3.63, 3.8) is 0 Å². The topological polar surface area (TPSA) is 97.4 Å². The van der Waals surface area contributed by atoms with E-state index in [9.17, 15) is 14.4 Å². The summed E-state index contributed by atoms with van der Waals surface area (Å²) in [6, 6.07) is 11.8. The molecular weight excluding hydrogens is 427 g/mol. The van der Waals surface area contributed by atoms with Gasteiger partial charge in [0.05, 0.1) is 16.6 Å². The van der Waals surface area contributed by atoms with E-state index in [0.717, 1.165) is 15.8 Å². The van der Waals surface area contributed by atoms with Crippen LogP contribution < -0.4 is 11.1 Å². The van der Waals surface area contributed by atoms with Gasteiger partial charge in [0.2, 0.25) is 5.91 Å². The fourth-order valence-corrected chi connectivity index (χ4v) is 3.70. The van der Waals surface area contributed by atoms with Crippen LogP contribution in [0.5, 0.6) is 0 Å². The predicted octanol–water partition coefficient (Wildman–Crippen LogP) is 3.53. The number of imide groups is 1. The van der Waals surface area contributed by atoms with Gasteiger partial charge in [0.25, 0.3) is 5.91 Å². The van der Waals surface area contributed by atoms with E-state index in [-0.39, 0.29) is 18.8 Å². The molecule has 4 amide bonds. The number of amides is 4. The number of primary amides is 1. The summed E-state index contributed by atoms with van der Waals surface area (Å²) in [5.74, 6) is -0.939. The Morgan fingerprint density at radius 2 is 1.87 bits per heavy atom. The van der Waals surface area contributed by atoms with E-state index in [1.54, 1.807) is 35.0 Å². The summed E-state index contributed by atoms with van der Waals surface area (Å²) in [7, 11) is 0. The van der Waals surface area contributed by atoms with Gasteiger partial charge in [-0.05, 0) is 29.8 Å². The third-order valence-corrected chi connectivity index (χ3v) is 5.47. The first kappa shape index (κ1) is 20.0. The molecule has 1 aromatic heterocycles. The standard InChI is InChI=1S/C21H16Cl2N4O3/c22-15-6-5-12(7-16(15)23)9-27-20(29)17(25-21(27)30)8-13-10-26(11-19(24)28)18-4-2-1-3-14(13)18/h1-8,10H,9,11H2,(H2,24,28)(H,25,30)/b17-8-. The van der Waals surface area contributed by atoms with Crippen molar-refractivity contribution in [2.45, 2.75) is 13.1 Å². The van der Waals surface area contributed by atoms with Gasteiger partial charge in [-0.1, -0.05) is 47.5 Å². The van der Waals surface area contributed by atoms with Crippen LogP contribution in [-0.2, 0) is 22.7 Å². The molecule has 0 unspecified atom stereocenters. The molecule has 1 aliphatic rings. The van der Waals surface area contributed by atoms with Crippen LogP contribution in [0.4, 0.5) is 4.79 Å². The number of para-hydroxylation sites is 1. The van der Waals surface area contributed by atoms with Crippen LogP contribution in [0.15, 0.2) is 54.4 Å². The van der Waals surface area contributed by atoms with Crippen molar-refractivity contribution in [2.75, 3.05) is 0 Å². The number of nitrogens with zero attached hydrogens (tertiary/aromatic N) is 2. The van der Waals surface area contributed by atoms with E-state index in [1.165, 1.54) is 0 Å². The molecule has 1 saturated heterocycles. The number of aromatic nitrogens is 1. The number of urea groups is 1. The van der Waals surface area contributed by atoms with Crippen molar-refractivity contribution in [1.82, 2.24) is 14.8 Å². The third kappa shape index (κ3) is 3.77. The van der Waals surface area contributed by atoms with Crippen LogP contribution >= 0.6 is 23.2 Å². The van der Waals surface area contributed by atoms with Gasteiger partial charge < -0.3 is 15.6 Å². The number of rotatable bonds is 5. The Hall–Kier alpha value is -3.29. The Morgan fingerprint density at radius 1 is 1.10 bits per heavy atom. The monoisotopic (exact) mass is 442 g/mol. The van der Waals surface area contributed by atoms with Crippen molar-refractivity contribution in [1.29, 1.82) is 0 Å². The molecule has 0 atom stereocenters. The number of carbonyl (C=O) groups excluding carboxylic acids is 3. The Morgan fingerprint density at radius 3 is 2.60 bits per heavy atom. The zero-order chi connectivity index (χ0) is 21.4. The van der Waals surface area contributed by atoms with Crippen LogP contribution in [-0.4, -0.2) is 27.3 Å². The molecule has 30 heavy (non-hydrogen) atoms. The molecule has 0 aliphatic carbocycles. The maximum absolute atomic E-state index is 12.8. The number of nitrogens with one attached hydrogen (secondary N) is 1. The maximum atomic E-state index is 12.8.